The van der Waals surface area contributed by atoms with E-state index in [9.17, 15) is 0 Å². The Hall–Kier alpha value is -1.22. The fraction of sp³-hybridized carbons (Fsp3) is 0.111. The summed E-state index contributed by atoms with van der Waals surface area (Å²) in [5.74, 6) is 0.765. The Morgan fingerprint density at radius 3 is 2.75 bits per heavy atom. The van der Waals surface area contributed by atoms with Crippen LogP contribution in [0, 0.1) is 0 Å². The van der Waals surface area contributed by atoms with Gasteiger partial charge in [0.1, 0.15) is 0 Å². The first-order valence-corrected chi connectivity index (χ1v) is 3.69. The minimum atomic E-state index is 0.465. The maximum absolute atomic E-state index is 5.11. The highest BCUT2D eigenvalue weighted by Crippen LogP contribution is 2.06. The van der Waals surface area contributed by atoms with Crippen molar-refractivity contribution in [3.63, 3.8) is 0 Å². The summed E-state index contributed by atoms with van der Waals surface area (Å²) in [5.41, 5.74) is 0. The Balaban J connectivity index is 2.20. The number of benzene rings is 1. The molecule has 1 radical (unpaired) electrons. The Morgan fingerprint density at radius 2 is 2.08 bits per heavy atom. The average molecular weight is 161 g/mol. The van der Waals surface area contributed by atoms with E-state index in [0.717, 1.165) is 5.75 Å². The van der Waals surface area contributed by atoms with Crippen LogP contribution in [0.5, 0.6) is 5.75 Å². The van der Waals surface area contributed by atoms with Crippen molar-refractivity contribution >= 4 is 7.69 Å². The normalized spacial score (nSPS) is 9.00. The molecular weight excluding hydrogens is 151 g/mol. The Labute approximate surface area is 73.1 Å². The molecule has 0 unspecified atom stereocenters. The highest BCUT2D eigenvalue weighted by Gasteiger charge is 1.94. The highest BCUT2D eigenvalue weighted by molar-refractivity contribution is 6.19. The smallest absolute Gasteiger partial charge is 0.537 e. The number of rotatable bonds is 5. The van der Waals surface area contributed by atoms with Crippen molar-refractivity contribution < 1.29 is 9.31 Å². The predicted octanol–water partition coefficient (Wildman–Crippen LogP) is 1.80. The number of para-hydroxylation sites is 1. The zero-order chi connectivity index (χ0) is 8.65. The fourth-order valence-electron chi connectivity index (χ4n) is 0.696. The third-order valence-corrected chi connectivity index (χ3v) is 1.21. The van der Waals surface area contributed by atoms with Crippen molar-refractivity contribution in [2.24, 2.45) is 0 Å². The summed E-state index contributed by atoms with van der Waals surface area (Å²) in [6.07, 6.45) is 1.66. The van der Waals surface area contributed by atoms with E-state index in [-0.39, 0.29) is 0 Å². The van der Waals surface area contributed by atoms with Crippen LogP contribution in [0.15, 0.2) is 43.0 Å². The van der Waals surface area contributed by atoms with Crippen LogP contribution in [0.25, 0.3) is 0 Å². The quantitative estimate of drug-likeness (QED) is 0.372. The standard InChI is InChI=1S/C9H10BO2/c1-2-8-11-10-12-9-6-4-3-5-7-9/h2-7H,1,8H2. The molecule has 0 aliphatic carbocycles. The highest BCUT2D eigenvalue weighted by atomic mass is 16.6. The van der Waals surface area contributed by atoms with Crippen LogP contribution in [-0.4, -0.2) is 14.3 Å². The first kappa shape index (κ1) is 8.88. The zero-order valence-electron chi connectivity index (χ0n) is 6.77. The van der Waals surface area contributed by atoms with Crippen molar-refractivity contribution in [3.05, 3.63) is 43.0 Å². The molecule has 0 bridgehead atoms. The molecule has 0 saturated heterocycles. The van der Waals surface area contributed by atoms with E-state index in [2.05, 4.69) is 6.58 Å². The molecule has 3 heteroatoms. The molecule has 0 saturated carbocycles. The topological polar surface area (TPSA) is 18.5 Å². The van der Waals surface area contributed by atoms with Crippen molar-refractivity contribution in [1.82, 2.24) is 0 Å². The van der Waals surface area contributed by atoms with Crippen LogP contribution in [0.4, 0.5) is 0 Å². The van der Waals surface area contributed by atoms with Crippen LogP contribution in [-0.2, 0) is 4.65 Å². The molecule has 0 spiro atoms. The van der Waals surface area contributed by atoms with Crippen LogP contribution >= 0.6 is 0 Å². The molecule has 12 heavy (non-hydrogen) atoms. The lowest BCUT2D eigenvalue weighted by molar-refractivity contribution is 0.326. The van der Waals surface area contributed by atoms with Gasteiger partial charge < -0.3 is 9.31 Å². The largest absolute Gasteiger partial charge is 0.572 e. The fourth-order valence-corrected chi connectivity index (χ4v) is 0.696. The summed E-state index contributed by atoms with van der Waals surface area (Å²) in [5, 5.41) is 0. The zero-order valence-corrected chi connectivity index (χ0v) is 6.77. The molecule has 1 rings (SSSR count). The van der Waals surface area contributed by atoms with Gasteiger partial charge in [-0.05, 0) is 12.1 Å². The van der Waals surface area contributed by atoms with Crippen molar-refractivity contribution in [2.45, 2.75) is 0 Å². The van der Waals surface area contributed by atoms with Gasteiger partial charge in [0.15, 0.2) is 0 Å². The molecule has 1 aromatic carbocycles. The van der Waals surface area contributed by atoms with E-state index < -0.39 is 0 Å². The minimum Gasteiger partial charge on any atom is -0.537 e. The van der Waals surface area contributed by atoms with Crippen LogP contribution in [0.2, 0.25) is 0 Å². The third kappa shape index (κ3) is 3.26. The van der Waals surface area contributed by atoms with Gasteiger partial charge in [0.05, 0.1) is 12.4 Å². The molecule has 0 atom stereocenters. The van der Waals surface area contributed by atoms with Gasteiger partial charge >= 0.3 is 7.69 Å². The monoisotopic (exact) mass is 161 g/mol. The van der Waals surface area contributed by atoms with Crippen LogP contribution < -0.4 is 4.65 Å². The van der Waals surface area contributed by atoms with E-state index in [1.54, 1.807) is 6.08 Å². The lowest BCUT2D eigenvalue weighted by atomic mass is 10.3. The van der Waals surface area contributed by atoms with Crippen molar-refractivity contribution in [3.8, 4) is 5.75 Å². The molecule has 0 amide bonds. The minimum absolute atomic E-state index is 0.465. The molecule has 0 N–H and O–H groups in total. The second-order valence-electron chi connectivity index (χ2n) is 2.15. The first-order valence-electron chi connectivity index (χ1n) is 3.69. The Morgan fingerprint density at radius 1 is 1.33 bits per heavy atom. The lowest BCUT2D eigenvalue weighted by Crippen LogP contribution is -2.07. The average Bonchev–Trinajstić information content (AvgIpc) is 2.14. The molecule has 0 heterocycles. The third-order valence-electron chi connectivity index (χ3n) is 1.21. The second kappa shape index (κ2) is 5.44. The molecule has 0 aliphatic rings. The van der Waals surface area contributed by atoms with E-state index in [1.165, 1.54) is 7.69 Å². The molecule has 0 aliphatic heterocycles. The van der Waals surface area contributed by atoms with E-state index in [4.69, 9.17) is 9.31 Å². The van der Waals surface area contributed by atoms with Crippen molar-refractivity contribution in [2.75, 3.05) is 6.61 Å². The van der Waals surface area contributed by atoms with Gasteiger partial charge in [0.2, 0.25) is 0 Å². The molecule has 0 aromatic heterocycles. The molecule has 0 fully saturated rings. The summed E-state index contributed by atoms with van der Waals surface area (Å²) in [4.78, 5) is 0. The molecule has 61 valence electrons. The van der Waals surface area contributed by atoms with Crippen molar-refractivity contribution in [1.29, 1.82) is 0 Å². The van der Waals surface area contributed by atoms with E-state index in [0.29, 0.717) is 6.61 Å². The summed E-state index contributed by atoms with van der Waals surface area (Å²) in [6, 6.07) is 9.44. The lowest BCUT2D eigenvalue weighted by Gasteiger charge is -2.02. The molecular formula is C9H10BO2. The maximum Gasteiger partial charge on any atom is 0.572 e. The van der Waals surface area contributed by atoms with Gasteiger partial charge in [0.25, 0.3) is 0 Å². The molecule has 1 aromatic rings. The summed E-state index contributed by atoms with van der Waals surface area (Å²) < 4.78 is 10.0. The van der Waals surface area contributed by atoms with E-state index in [1.807, 2.05) is 30.3 Å². The van der Waals surface area contributed by atoms with Crippen LogP contribution in [0.1, 0.15) is 0 Å². The van der Waals surface area contributed by atoms with Gasteiger partial charge in [-0.1, -0.05) is 24.3 Å². The summed E-state index contributed by atoms with van der Waals surface area (Å²) in [6.45, 7) is 3.97. The SMILES string of the molecule is C=CCO[B]Oc1ccccc1. The maximum atomic E-state index is 5.11. The van der Waals surface area contributed by atoms with Gasteiger partial charge in [-0.15, -0.1) is 6.58 Å². The number of hydrogen-bond acceptors (Lipinski definition) is 2. The number of hydrogen-bond donors (Lipinski definition) is 0. The van der Waals surface area contributed by atoms with Gasteiger partial charge in [-0.2, -0.15) is 0 Å². The molecule has 2 nitrogen and oxygen atoms in total. The summed E-state index contributed by atoms with van der Waals surface area (Å²) >= 11 is 0. The van der Waals surface area contributed by atoms with E-state index >= 15 is 0 Å². The van der Waals surface area contributed by atoms with Crippen LogP contribution in [0.3, 0.4) is 0 Å². The Bertz CT molecular complexity index is 223. The Kier molecular flexibility index (Phi) is 4.02. The predicted molar refractivity (Wildman–Crippen MR) is 49.0 cm³/mol. The summed E-state index contributed by atoms with van der Waals surface area (Å²) in [7, 11) is 1.30. The second-order valence-corrected chi connectivity index (χ2v) is 2.15. The van der Waals surface area contributed by atoms with Gasteiger partial charge in [-0.3, -0.25) is 0 Å². The first-order chi connectivity index (χ1) is 5.93. The van der Waals surface area contributed by atoms with Gasteiger partial charge in [-0.25, -0.2) is 0 Å². The van der Waals surface area contributed by atoms with Gasteiger partial charge in [0, 0.05) is 0 Å².